The Morgan fingerprint density at radius 3 is 2.06 bits per heavy atom. The van der Waals surface area contributed by atoms with Gasteiger partial charge in [-0.05, 0) is 53.6 Å². The van der Waals surface area contributed by atoms with E-state index in [2.05, 4.69) is 20.6 Å². The van der Waals surface area contributed by atoms with Crippen LogP contribution in [0.1, 0.15) is 31.8 Å². The lowest BCUT2D eigenvalue weighted by atomic mass is 10.1. The van der Waals surface area contributed by atoms with Crippen LogP contribution in [0.25, 0.3) is 6.08 Å². The molecule has 8 nitrogen and oxygen atoms in total. The van der Waals surface area contributed by atoms with Gasteiger partial charge in [-0.2, -0.15) is 5.10 Å². The first-order chi connectivity index (χ1) is 16.9. The Kier molecular flexibility index (Phi) is 8.50. The number of benzene rings is 3. The van der Waals surface area contributed by atoms with Crippen LogP contribution in [0, 0.1) is 0 Å². The zero-order valence-corrected chi connectivity index (χ0v) is 19.7. The number of hydrogen-bond donors (Lipinski definition) is 2. The van der Waals surface area contributed by atoms with Gasteiger partial charge in [0, 0.05) is 25.3 Å². The second-order valence-corrected chi connectivity index (χ2v) is 7.68. The van der Waals surface area contributed by atoms with Crippen LogP contribution in [0.15, 0.2) is 89.7 Å². The molecule has 0 saturated heterocycles. The molecule has 0 spiro atoms. The van der Waals surface area contributed by atoms with Gasteiger partial charge < -0.3 is 15.0 Å². The van der Waals surface area contributed by atoms with E-state index in [4.69, 9.17) is 0 Å². The van der Waals surface area contributed by atoms with Crippen molar-refractivity contribution < 1.29 is 19.1 Å². The minimum absolute atomic E-state index is 0.0367. The van der Waals surface area contributed by atoms with Crippen LogP contribution in [0.5, 0.6) is 0 Å². The number of amides is 2. The third kappa shape index (κ3) is 7.13. The molecule has 3 rings (SSSR count). The van der Waals surface area contributed by atoms with E-state index in [1.54, 1.807) is 60.7 Å². The molecule has 0 saturated carbocycles. The Hall–Kier alpha value is -4.72. The normalized spacial score (nSPS) is 11.1. The molecule has 3 aromatic rings. The van der Waals surface area contributed by atoms with Crippen molar-refractivity contribution in [2.24, 2.45) is 5.10 Å². The fourth-order valence-electron chi connectivity index (χ4n) is 3.03. The molecule has 0 aromatic heterocycles. The molecule has 3 aromatic carbocycles. The Labute approximate surface area is 203 Å². The molecule has 0 atom stereocenters. The Balaban J connectivity index is 1.77. The van der Waals surface area contributed by atoms with E-state index < -0.39 is 17.8 Å². The van der Waals surface area contributed by atoms with Gasteiger partial charge in [0.15, 0.2) is 0 Å². The number of rotatable bonds is 8. The van der Waals surface area contributed by atoms with Crippen LogP contribution in [-0.4, -0.2) is 45.2 Å². The number of hydrogen-bond acceptors (Lipinski definition) is 6. The van der Waals surface area contributed by atoms with Gasteiger partial charge in [-0.25, -0.2) is 10.2 Å². The molecule has 8 heteroatoms. The monoisotopic (exact) mass is 470 g/mol. The van der Waals surface area contributed by atoms with Gasteiger partial charge in [0.2, 0.25) is 0 Å². The lowest BCUT2D eigenvalue weighted by molar-refractivity contribution is -0.117. The van der Waals surface area contributed by atoms with Gasteiger partial charge in [-0.3, -0.25) is 9.59 Å². The molecule has 0 aliphatic carbocycles. The number of hydrazone groups is 1. The topological polar surface area (TPSA) is 100 Å². The first-order valence-corrected chi connectivity index (χ1v) is 10.7. The largest absolute Gasteiger partial charge is 0.465 e. The van der Waals surface area contributed by atoms with E-state index in [1.807, 2.05) is 43.3 Å². The summed E-state index contributed by atoms with van der Waals surface area (Å²) in [4.78, 5) is 39.1. The average molecular weight is 471 g/mol. The number of ether oxygens (including phenoxy) is 1. The van der Waals surface area contributed by atoms with Crippen LogP contribution in [0.4, 0.5) is 5.69 Å². The molecule has 0 aliphatic heterocycles. The molecule has 0 unspecified atom stereocenters. The number of carbonyl (C=O) groups excluding carboxylic acids is 3. The number of nitrogens with one attached hydrogen (secondary N) is 2. The van der Waals surface area contributed by atoms with Crippen LogP contribution in [-0.2, 0) is 9.53 Å². The molecule has 0 radical (unpaired) electrons. The van der Waals surface area contributed by atoms with Crippen molar-refractivity contribution in [1.29, 1.82) is 0 Å². The lowest BCUT2D eigenvalue weighted by Gasteiger charge is -2.12. The summed E-state index contributed by atoms with van der Waals surface area (Å²) in [5.74, 6) is -1.45. The lowest BCUT2D eigenvalue weighted by Crippen LogP contribution is -2.32. The van der Waals surface area contributed by atoms with E-state index in [0.717, 1.165) is 11.3 Å². The molecular weight excluding hydrogens is 444 g/mol. The second-order valence-electron chi connectivity index (χ2n) is 7.68. The highest BCUT2D eigenvalue weighted by atomic mass is 16.5. The Morgan fingerprint density at radius 2 is 1.46 bits per heavy atom. The van der Waals surface area contributed by atoms with E-state index >= 15 is 0 Å². The molecule has 0 bridgehead atoms. The highest BCUT2D eigenvalue weighted by molar-refractivity contribution is 6.05. The first kappa shape index (κ1) is 24.9. The standard InChI is InChI=1S/C27H26N4O4/c1-31(2)23-15-11-19(12-16-23)17-24(29-25(32)21-7-5-4-6-8-21)26(33)30-28-18-20-9-13-22(14-10-20)27(34)35-3/h4-18H,1-3H3,(H,29,32)(H,30,33)/b24-17-,28-18+. The summed E-state index contributed by atoms with van der Waals surface area (Å²) in [6.45, 7) is 0. The van der Waals surface area contributed by atoms with Gasteiger partial charge in [0.1, 0.15) is 5.70 Å². The van der Waals surface area contributed by atoms with Gasteiger partial charge in [-0.1, -0.05) is 42.5 Å². The summed E-state index contributed by atoms with van der Waals surface area (Å²) in [7, 11) is 5.18. The molecule has 0 aliphatic rings. The fraction of sp³-hybridized carbons (Fsp3) is 0.111. The van der Waals surface area contributed by atoms with Crippen molar-refractivity contribution in [3.05, 3.63) is 107 Å². The number of methoxy groups -OCH3 is 1. The summed E-state index contributed by atoms with van der Waals surface area (Å²) >= 11 is 0. The summed E-state index contributed by atoms with van der Waals surface area (Å²) < 4.78 is 4.67. The van der Waals surface area contributed by atoms with E-state index in [1.165, 1.54) is 13.3 Å². The number of carbonyl (C=O) groups is 3. The molecule has 35 heavy (non-hydrogen) atoms. The van der Waals surface area contributed by atoms with Crippen LogP contribution >= 0.6 is 0 Å². The third-order valence-corrected chi connectivity index (χ3v) is 4.96. The maximum absolute atomic E-state index is 12.9. The maximum Gasteiger partial charge on any atom is 0.337 e. The van der Waals surface area contributed by atoms with Crippen molar-refractivity contribution in [3.63, 3.8) is 0 Å². The third-order valence-electron chi connectivity index (χ3n) is 4.96. The number of nitrogens with zero attached hydrogens (tertiary/aromatic N) is 2. The van der Waals surface area contributed by atoms with Gasteiger partial charge >= 0.3 is 5.97 Å². The van der Waals surface area contributed by atoms with Crippen LogP contribution in [0.3, 0.4) is 0 Å². The number of esters is 1. The summed E-state index contributed by atoms with van der Waals surface area (Å²) in [6, 6.07) is 22.7. The molecular formula is C27H26N4O4. The predicted molar refractivity (Wildman–Crippen MR) is 136 cm³/mol. The Morgan fingerprint density at radius 1 is 0.829 bits per heavy atom. The zero-order chi connectivity index (χ0) is 25.2. The SMILES string of the molecule is COC(=O)c1ccc(/C=N/NC(=O)/C(=C/c2ccc(N(C)C)cc2)NC(=O)c2ccccc2)cc1. The zero-order valence-electron chi connectivity index (χ0n) is 19.7. The second kappa shape index (κ2) is 11.9. The van der Waals surface area contributed by atoms with Crippen molar-refractivity contribution >= 4 is 35.8 Å². The average Bonchev–Trinajstić information content (AvgIpc) is 2.89. The van der Waals surface area contributed by atoms with Crippen molar-refractivity contribution in [2.45, 2.75) is 0 Å². The quantitative estimate of drug-likeness (QED) is 0.227. The van der Waals surface area contributed by atoms with E-state index in [0.29, 0.717) is 16.7 Å². The molecule has 0 heterocycles. The molecule has 178 valence electrons. The molecule has 2 amide bonds. The van der Waals surface area contributed by atoms with Crippen LogP contribution < -0.4 is 15.6 Å². The molecule has 2 N–H and O–H groups in total. The smallest absolute Gasteiger partial charge is 0.337 e. The minimum atomic E-state index is -0.589. The highest BCUT2D eigenvalue weighted by Crippen LogP contribution is 2.14. The first-order valence-electron chi connectivity index (χ1n) is 10.7. The van der Waals surface area contributed by atoms with Crippen molar-refractivity contribution in [2.75, 3.05) is 26.1 Å². The van der Waals surface area contributed by atoms with Gasteiger partial charge in [-0.15, -0.1) is 0 Å². The number of anilines is 1. The van der Waals surface area contributed by atoms with Crippen LogP contribution in [0.2, 0.25) is 0 Å². The summed E-state index contributed by atoms with van der Waals surface area (Å²) in [6.07, 6.45) is 3.01. The van der Waals surface area contributed by atoms with E-state index in [-0.39, 0.29) is 5.70 Å². The van der Waals surface area contributed by atoms with Crippen molar-refractivity contribution in [1.82, 2.24) is 10.7 Å². The maximum atomic E-state index is 12.9. The Bertz CT molecular complexity index is 1230. The van der Waals surface area contributed by atoms with E-state index in [9.17, 15) is 14.4 Å². The fourth-order valence-corrected chi connectivity index (χ4v) is 3.03. The van der Waals surface area contributed by atoms with Crippen molar-refractivity contribution in [3.8, 4) is 0 Å². The molecule has 0 fully saturated rings. The summed E-state index contributed by atoms with van der Waals surface area (Å²) in [5, 5.41) is 6.64. The highest BCUT2D eigenvalue weighted by Gasteiger charge is 2.14. The predicted octanol–water partition coefficient (Wildman–Crippen LogP) is 3.46. The van der Waals surface area contributed by atoms with Gasteiger partial charge in [0.25, 0.3) is 11.8 Å². The minimum Gasteiger partial charge on any atom is -0.465 e. The summed E-state index contributed by atoms with van der Waals surface area (Å²) in [5.41, 5.74) is 5.70. The van der Waals surface area contributed by atoms with Gasteiger partial charge in [0.05, 0.1) is 18.9 Å².